The Bertz CT molecular complexity index is 1320. The minimum Gasteiger partial charge on any atom is -0.345 e. The molecule has 1 N–H and O–H groups in total. The second-order valence-electron chi connectivity index (χ2n) is 8.25. The van der Waals surface area contributed by atoms with Gasteiger partial charge in [0, 0.05) is 31.4 Å². The molecule has 2 aromatic heterocycles. The van der Waals surface area contributed by atoms with E-state index in [0.717, 1.165) is 6.20 Å². The summed E-state index contributed by atoms with van der Waals surface area (Å²) in [5.41, 5.74) is -1.13. The van der Waals surface area contributed by atoms with Gasteiger partial charge in [0.05, 0.1) is 22.1 Å². The highest BCUT2D eigenvalue weighted by Gasteiger charge is 2.55. The number of benzene rings is 1. The molecule has 0 bridgehead atoms. The van der Waals surface area contributed by atoms with Gasteiger partial charge in [0.25, 0.3) is 23.3 Å². The van der Waals surface area contributed by atoms with Crippen LogP contribution in [0.5, 0.6) is 0 Å². The molecule has 1 aliphatic heterocycles. The zero-order chi connectivity index (χ0) is 23.3. The van der Waals surface area contributed by atoms with E-state index in [1.807, 2.05) is 6.07 Å². The Labute approximate surface area is 186 Å². The van der Waals surface area contributed by atoms with E-state index in [-0.39, 0.29) is 35.6 Å². The highest BCUT2D eigenvalue weighted by molar-refractivity contribution is 6.45. The Morgan fingerprint density at radius 3 is 2.55 bits per heavy atom. The first kappa shape index (κ1) is 20.7. The molecule has 11 heteroatoms. The van der Waals surface area contributed by atoms with Gasteiger partial charge in [-0.15, -0.1) is 0 Å². The summed E-state index contributed by atoms with van der Waals surface area (Å²) >= 11 is 0. The number of rotatable bonds is 4. The van der Waals surface area contributed by atoms with Crippen LogP contribution in [0.3, 0.4) is 0 Å². The molecule has 3 heterocycles. The molecule has 3 aromatic rings. The first-order chi connectivity index (χ1) is 15.8. The van der Waals surface area contributed by atoms with Crippen LogP contribution in [0.2, 0.25) is 0 Å². The summed E-state index contributed by atoms with van der Waals surface area (Å²) in [6, 6.07) is 9.45. The van der Waals surface area contributed by atoms with E-state index in [9.17, 15) is 28.9 Å². The van der Waals surface area contributed by atoms with Crippen molar-refractivity contribution < 1.29 is 23.7 Å². The van der Waals surface area contributed by atoms with Crippen LogP contribution in [0.15, 0.2) is 42.6 Å². The lowest BCUT2D eigenvalue weighted by Gasteiger charge is -2.41. The van der Waals surface area contributed by atoms with Crippen LogP contribution < -0.4 is 0 Å². The third-order valence-corrected chi connectivity index (χ3v) is 6.26. The first-order valence-corrected chi connectivity index (χ1v) is 10.3. The minimum absolute atomic E-state index is 0.138. The number of nitrogens with zero attached hydrogens (tertiary/aromatic N) is 4. The highest BCUT2D eigenvalue weighted by atomic mass is 19.1. The number of amides is 2. The van der Waals surface area contributed by atoms with Crippen molar-refractivity contribution in [2.75, 3.05) is 19.6 Å². The van der Waals surface area contributed by atoms with Crippen LogP contribution in [0.4, 0.5) is 10.1 Å². The van der Waals surface area contributed by atoms with Gasteiger partial charge >= 0.3 is 0 Å². The summed E-state index contributed by atoms with van der Waals surface area (Å²) in [6.45, 7) is 0.732. The van der Waals surface area contributed by atoms with Gasteiger partial charge in [-0.25, -0.2) is 4.98 Å². The Kier molecular flexibility index (Phi) is 4.69. The molecule has 168 valence electrons. The topological polar surface area (TPSA) is 130 Å². The van der Waals surface area contributed by atoms with E-state index in [1.165, 1.54) is 4.90 Å². The molecule has 1 saturated carbocycles. The number of hydrogen-bond acceptors (Lipinski definition) is 6. The fourth-order valence-electron chi connectivity index (χ4n) is 4.45. The van der Waals surface area contributed by atoms with Crippen LogP contribution >= 0.6 is 0 Å². The lowest BCUT2D eigenvalue weighted by molar-refractivity contribution is -0.383. The largest absolute Gasteiger partial charge is 0.345 e. The second-order valence-corrected chi connectivity index (χ2v) is 8.25. The molecule has 33 heavy (non-hydrogen) atoms. The Hall–Kier alpha value is -4.15. The molecule has 0 unspecified atom stereocenters. The quantitative estimate of drug-likeness (QED) is 0.213. The smallest absolute Gasteiger partial charge is 0.295 e. The monoisotopic (exact) mass is 451 g/mol. The molecule has 2 aliphatic rings. The SMILES string of the molecule is O=C(C(=O)N1CCN(C(=O)c2ccccc2)CC12CC2)c1c[nH]c2nc(F)cc([N+](=O)[O-])c12. The average Bonchev–Trinajstić information content (AvgIpc) is 3.44. The Morgan fingerprint density at radius 2 is 1.88 bits per heavy atom. The molecular formula is C22H18FN5O5. The number of fused-ring (bicyclic) bond motifs is 1. The van der Waals surface area contributed by atoms with E-state index in [0.29, 0.717) is 31.0 Å². The summed E-state index contributed by atoms with van der Waals surface area (Å²) in [5, 5.41) is 11.2. The number of hydrogen-bond donors (Lipinski definition) is 1. The average molecular weight is 451 g/mol. The van der Waals surface area contributed by atoms with Gasteiger partial charge in [0.2, 0.25) is 5.95 Å². The van der Waals surface area contributed by atoms with Crippen molar-refractivity contribution in [3.8, 4) is 0 Å². The number of Topliss-reactive ketones (excluding diaryl/α,β-unsaturated/α-hetero) is 1. The minimum atomic E-state index is -1.07. The maximum Gasteiger partial charge on any atom is 0.295 e. The molecule has 2 amide bonds. The maximum absolute atomic E-state index is 13.6. The number of halogens is 1. The molecule has 5 rings (SSSR count). The first-order valence-electron chi connectivity index (χ1n) is 10.3. The molecule has 0 radical (unpaired) electrons. The lowest BCUT2D eigenvalue weighted by atomic mass is 10.0. The van der Waals surface area contributed by atoms with Gasteiger partial charge in [0.15, 0.2) is 0 Å². The number of pyridine rings is 1. The predicted octanol–water partition coefficient (Wildman–Crippen LogP) is 2.31. The standard InChI is InChI=1S/C22H18FN5O5/c23-16-10-15(28(32)33)17-14(11-24-19(17)25-16)18(29)21(31)27-9-8-26(12-22(27)6-7-22)20(30)13-4-2-1-3-5-13/h1-5,10-11H,6-9,12H2,(H,24,25). The second kappa shape index (κ2) is 7.47. The fraction of sp³-hybridized carbons (Fsp3) is 0.273. The van der Waals surface area contributed by atoms with Crippen LogP contribution in [0.25, 0.3) is 11.0 Å². The molecule has 2 fully saturated rings. The van der Waals surface area contributed by atoms with Crippen molar-refractivity contribution in [1.82, 2.24) is 19.8 Å². The Morgan fingerprint density at radius 1 is 1.15 bits per heavy atom. The van der Waals surface area contributed by atoms with E-state index < -0.39 is 33.8 Å². The van der Waals surface area contributed by atoms with E-state index in [1.54, 1.807) is 29.2 Å². The number of carbonyl (C=O) groups excluding carboxylic acids is 3. The van der Waals surface area contributed by atoms with Crippen LogP contribution in [0, 0.1) is 16.1 Å². The van der Waals surface area contributed by atoms with Gasteiger partial charge in [-0.2, -0.15) is 4.39 Å². The summed E-state index contributed by atoms with van der Waals surface area (Å²) in [5.74, 6) is -2.95. The highest BCUT2D eigenvalue weighted by Crippen LogP contribution is 2.45. The molecule has 0 atom stereocenters. The van der Waals surface area contributed by atoms with Gasteiger partial charge in [-0.3, -0.25) is 24.5 Å². The number of aromatic nitrogens is 2. The fourth-order valence-corrected chi connectivity index (χ4v) is 4.45. The maximum atomic E-state index is 13.6. The summed E-state index contributed by atoms with van der Waals surface area (Å²) < 4.78 is 13.6. The van der Waals surface area contributed by atoms with Crippen molar-refractivity contribution >= 4 is 34.3 Å². The summed E-state index contributed by atoms with van der Waals surface area (Å²) in [7, 11) is 0. The molecule has 1 aromatic carbocycles. The number of aromatic amines is 1. The van der Waals surface area contributed by atoms with Gasteiger partial charge in [-0.05, 0) is 25.0 Å². The number of ketones is 1. The molecule has 1 saturated heterocycles. The van der Waals surface area contributed by atoms with Crippen molar-refractivity contribution in [1.29, 1.82) is 0 Å². The molecule has 1 spiro atoms. The summed E-state index contributed by atoms with van der Waals surface area (Å²) in [4.78, 5) is 58.9. The predicted molar refractivity (Wildman–Crippen MR) is 113 cm³/mol. The number of piperazine rings is 1. The Balaban J connectivity index is 1.40. The molecule has 1 aliphatic carbocycles. The third kappa shape index (κ3) is 3.41. The molecular weight excluding hydrogens is 433 g/mol. The number of nitrogens with one attached hydrogen (secondary N) is 1. The van der Waals surface area contributed by atoms with Crippen LogP contribution in [0.1, 0.15) is 33.6 Å². The van der Waals surface area contributed by atoms with E-state index in [2.05, 4.69) is 9.97 Å². The number of nitro groups is 1. The van der Waals surface area contributed by atoms with Gasteiger partial charge < -0.3 is 14.8 Å². The van der Waals surface area contributed by atoms with Crippen LogP contribution in [-0.2, 0) is 4.79 Å². The van der Waals surface area contributed by atoms with E-state index >= 15 is 0 Å². The van der Waals surface area contributed by atoms with Crippen molar-refractivity contribution in [2.24, 2.45) is 0 Å². The van der Waals surface area contributed by atoms with Gasteiger partial charge in [0.1, 0.15) is 11.0 Å². The summed E-state index contributed by atoms with van der Waals surface area (Å²) in [6.07, 6.45) is 2.43. The lowest BCUT2D eigenvalue weighted by Crippen LogP contribution is -2.59. The van der Waals surface area contributed by atoms with Crippen LogP contribution in [-0.4, -0.2) is 67.5 Å². The van der Waals surface area contributed by atoms with Crippen molar-refractivity contribution in [3.63, 3.8) is 0 Å². The van der Waals surface area contributed by atoms with Crippen molar-refractivity contribution in [2.45, 2.75) is 18.4 Å². The van der Waals surface area contributed by atoms with Gasteiger partial charge in [-0.1, -0.05) is 18.2 Å². The third-order valence-electron chi connectivity index (χ3n) is 6.26. The zero-order valence-electron chi connectivity index (χ0n) is 17.3. The molecule has 10 nitrogen and oxygen atoms in total. The number of H-pyrrole nitrogens is 1. The van der Waals surface area contributed by atoms with E-state index in [4.69, 9.17) is 0 Å². The number of carbonyl (C=O) groups is 3. The van der Waals surface area contributed by atoms with Crippen molar-refractivity contribution in [3.05, 3.63) is 69.8 Å². The zero-order valence-corrected chi connectivity index (χ0v) is 17.3. The normalized spacial score (nSPS) is 16.8.